The summed E-state index contributed by atoms with van der Waals surface area (Å²) in [5.41, 5.74) is 0. The number of rotatable bonds is 4. The molecule has 1 N–H and O–H groups in total. The van der Waals surface area contributed by atoms with Crippen molar-refractivity contribution in [1.29, 1.82) is 0 Å². The molecule has 2 rings (SSSR count). The van der Waals surface area contributed by atoms with Gasteiger partial charge in [0.25, 0.3) is 0 Å². The lowest BCUT2D eigenvalue weighted by atomic mass is 10.5. The number of carboxylic acid groups (broad SMARTS) is 1. The van der Waals surface area contributed by atoms with E-state index in [0.29, 0.717) is 4.88 Å². The summed E-state index contributed by atoms with van der Waals surface area (Å²) in [6.45, 7) is 0. The standard InChI is InChI=1S/C10H7BrO2S3/c11-7-1-2-14-9(7)5-15-6-3-8(10(12)13)16-4-6/h1-4H,5H2,(H,12,13). The van der Waals surface area contributed by atoms with Crippen molar-refractivity contribution in [1.82, 2.24) is 0 Å². The molecule has 0 atom stereocenters. The molecule has 0 saturated carbocycles. The van der Waals surface area contributed by atoms with Gasteiger partial charge in [-0.2, -0.15) is 0 Å². The van der Waals surface area contributed by atoms with Crippen LogP contribution in [0.15, 0.2) is 32.3 Å². The van der Waals surface area contributed by atoms with Crippen molar-refractivity contribution in [2.45, 2.75) is 10.6 Å². The molecule has 0 fully saturated rings. The number of thiophene rings is 2. The summed E-state index contributed by atoms with van der Waals surface area (Å²) < 4.78 is 1.12. The largest absolute Gasteiger partial charge is 0.477 e. The molecule has 2 heterocycles. The third-order valence-electron chi connectivity index (χ3n) is 1.85. The lowest BCUT2D eigenvalue weighted by molar-refractivity contribution is 0.0702. The van der Waals surface area contributed by atoms with Crippen molar-refractivity contribution in [3.8, 4) is 0 Å². The van der Waals surface area contributed by atoms with Crippen LogP contribution in [0.4, 0.5) is 0 Å². The van der Waals surface area contributed by atoms with E-state index in [1.807, 2.05) is 16.8 Å². The Bertz CT molecular complexity index is 504. The zero-order chi connectivity index (χ0) is 11.5. The number of hydrogen-bond donors (Lipinski definition) is 1. The lowest BCUT2D eigenvalue weighted by Crippen LogP contribution is -1.89. The highest BCUT2D eigenvalue weighted by Crippen LogP contribution is 2.32. The average Bonchev–Trinajstić information content (AvgIpc) is 2.83. The number of hydrogen-bond acceptors (Lipinski definition) is 4. The van der Waals surface area contributed by atoms with Gasteiger partial charge in [0.15, 0.2) is 0 Å². The van der Waals surface area contributed by atoms with Gasteiger partial charge in [0, 0.05) is 25.4 Å². The normalized spacial score (nSPS) is 10.6. The number of carbonyl (C=O) groups is 1. The highest BCUT2D eigenvalue weighted by molar-refractivity contribution is 9.10. The van der Waals surface area contributed by atoms with Crippen LogP contribution in [0, 0.1) is 0 Å². The van der Waals surface area contributed by atoms with Gasteiger partial charge in [-0.05, 0) is 33.4 Å². The van der Waals surface area contributed by atoms with Gasteiger partial charge in [0.05, 0.1) is 0 Å². The monoisotopic (exact) mass is 334 g/mol. The predicted molar refractivity (Wildman–Crippen MR) is 72.9 cm³/mol. The second-order valence-electron chi connectivity index (χ2n) is 2.93. The molecule has 0 radical (unpaired) electrons. The molecule has 2 nitrogen and oxygen atoms in total. The summed E-state index contributed by atoms with van der Waals surface area (Å²) in [6.07, 6.45) is 0. The number of halogens is 1. The average molecular weight is 335 g/mol. The maximum absolute atomic E-state index is 10.7. The van der Waals surface area contributed by atoms with Gasteiger partial charge in [-0.15, -0.1) is 34.4 Å². The first-order valence-electron chi connectivity index (χ1n) is 4.33. The van der Waals surface area contributed by atoms with Crippen LogP contribution < -0.4 is 0 Å². The Morgan fingerprint density at radius 1 is 1.50 bits per heavy atom. The van der Waals surface area contributed by atoms with Gasteiger partial charge in [-0.25, -0.2) is 4.79 Å². The van der Waals surface area contributed by atoms with Crippen LogP contribution in [0.25, 0.3) is 0 Å². The molecule has 0 aliphatic rings. The molecule has 0 spiro atoms. The molecule has 0 saturated heterocycles. The van der Waals surface area contributed by atoms with Crippen LogP contribution >= 0.6 is 50.4 Å². The summed E-state index contributed by atoms with van der Waals surface area (Å²) in [6, 6.07) is 3.75. The van der Waals surface area contributed by atoms with E-state index in [1.165, 1.54) is 16.2 Å². The Kier molecular flexibility index (Phi) is 4.07. The fraction of sp³-hybridized carbons (Fsp3) is 0.100. The fourth-order valence-corrected chi connectivity index (χ4v) is 4.75. The van der Waals surface area contributed by atoms with E-state index in [9.17, 15) is 4.79 Å². The van der Waals surface area contributed by atoms with Crippen LogP contribution in [0.3, 0.4) is 0 Å². The first kappa shape index (κ1) is 12.2. The van der Waals surface area contributed by atoms with E-state index in [2.05, 4.69) is 15.9 Å². The minimum absolute atomic E-state index is 0.396. The molecular formula is C10H7BrO2S3. The van der Waals surface area contributed by atoms with Crippen LogP contribution in [0.2, 0.25) is 0 Å². The molecule has 2 aromatic rings. The van der Waals surface area contributed by atoms with Gasteiger partial charge in [0.2, 0.25) is 0 Å². The Morgan fingerprint density at radius 3 is 2.88 bits per heavy atom. The van der Waals surface area contributed by atoms with Gasteiger partial charge in [0.1, 0.15) is 4.88 Å². The second-order valence-corrected chi connectivity index (χ2v) is 6.75. The summed E-state index contributed by atoms with van der Waals surface area (Å²) in [5.74, 6) is 0.0165. The molecule has 0 bridgehead atoms. The van der Waals surface area contributed by atoms with E-state index < -0.39 is 5.97 Å². The molecule has 6 heteroatoms. The van der Waals surface area contributed by atoms with Crippen molar-refractivity contribution in [3.05, 3.63) is 37.1 Å². The van der Waals surface area contributed by atoms with Crippen molar-refractivity contribution in [3.63, 3.8) is 0 Å². The van der Waals surface area contributed by atoms with Gasteiger partial charge < -0.3 is 5.11 Å². The number of thioether (sulfide) groups is 1. The van der Waals surface area contributed by atoms with E-state index in [0.717, 1.165) is 15.1 Å². The molecule has 0 aromatic carbocycles. The van der Waals surface area contributed by atoms with Crippen molar-refractivity contribution >= 4 is 56.3 Å². The Labute approximate surface area is 113 Å². The van der Waals surface area contributed by atoms with Crippen LogP contribution in [0.1, 0.15) is 14.5 Å². The summed E-state index contributed by atoms with van der Waals surface area (Å²) >= 11 is 8.10. The molecular weight excluding hydrogens is 328 g/mol. The third kappa shape index (κ3) is 2.88. The molecule has 0 aliphatic carbocycles. The second kappa shape index (κ2) is 5.35. The van der Waals surface area contributed by atoms with Crippen LogP contribution in [-0.2, 0) is 5.75 Å². The smallest absolute Gasteiger partial charge is 0.345 e. The number of aromatic carboxylic acids is 1. The first-order chi connectivity index (χ1) is 7.66. The third-order valence-corrected chi connectivity index (χ3v) is 6.03. The van der Waals surface area contributed by atoms with Crippen molar-refractivity contribution < 1.29 is 9.90 Å². The SMILES string of the molecule is O=C(O)c1cc(SCc2sccc2Br)cs1. The summed E-state index contributed by atoms with van der Waals surface area (Å²) in [7, 11) is 0. The van der Waals surface area contributed by atoms with Crippen molar-refractivity contribution in [2.24, 2.45) is 0 Å². The van der Waals surface area contributed by atoms with E-state index >= 15 is 0 Å². The highest BCUT2D eigenvalue weighted by atomic mass is 79.9. The number of carboxylic acids is 1. The summed E-state index contributed by atoms with van der Waals surface area (Å²) in [5, 5.41) is 12.7. The molecule has 0 amide bonds. The minimum Gasteiger partial charge on any atom is -0.477 e. The molecule has 84 valence electrons. The van der Waals surface area contributed by atoms with Crippen molar-refractivity contribution in [2.75, 3.05) is 0 Å². The van der Waals surface area contributed by atoms with E-state index in [-0.39, 0.29) is 0 Å². The Hall–Kier alpha value is -0.300. The molecule has 2 aromatic heterocycles. The zero-order valence-corrected chi connectivity index (χ0v) is 12.0. The molecule has 16 heavy (non-hydrogen) atoms. The van der Waals surface area contributed by atoms with Crippen LogP contribution in [0.5, 0.6) is 0 Å². The quantitative estimate of drug-likeness (QED) is 0.832. The maximum Gasteiger partial charge on any atom is 0.345 e. The van der Waals surface area contributed by atoms with E-state index in [1.54, 1.807) is 29.2 Å². The minimum atomic E-state index is -0.853. The van der Waals surface area contributed by atoms with Gasteiger partial charge in [-0.1, -0.05) is 0 Å². The molecule has 0 unspecified atom stereocenters. The zero-order valence-electron chi connectivity index (χ0n) is 7.97. The Morgan fingerprint density at radius 2 is 2.31 bits per heavy atom. The highest BCUT2D eigenvalue weighted by Gasteiger charge is 2.08. The van der Waals surface area contributed by atoms with Gasteiger partial charge >= 0.3 is 5.97 Å². The first-order valence-corrected chi connectivity index (χ1v) is 7.87. The van der Waals surface area contributed by atoms with Gasteiger partial charge in [-0.3, -0.25) is 0 Å². The Balaban J connectivity index is 2.00. The fourth-order valence-electron chi connectivity index (χ4n) is 1.08. The summed E-state index contributed by atoms with van der Waals surface area (Å²) in [4.78, 5) is 13.4. The topological polar surface area (TPSA) is 37.3 Å². The molecule has 0 aliphatic heterocycles. The maximum atomic E-state index is 10.7. The lowest BCUT2D eigenvalue weighted by Gasteiger charge is -1.96. The predicted octanol–water partition coefficient (Wildman–Crippen LogP) is 4.56. The van der Waals surface area contributed by atoms with Crippen LogP contribution in [-0.4, -0.2) is 11.1 Å². The van der Waals surface area contributed by atoms with E-state index in [4.69, 9.17) is 5.11 Å².